The number of carbonyl (C=O) groups is 1. The van der Waals surface area contributed by atoms with E-state index in [4.69, 9.17) is 14.6 Å². The minimum absolute atomic E-state index is 0.0453. The minimum atomic E-state index is -1.13. The predicted octanol–water partition coefficient (Wildman–Crippen LogP) is -1.43. The van der Waals surface area contributed by atoms with E-state index in [-0.39, 0.29) is 6.73 Å². The third kappa shape index (κ3) is 1.67. The molecule has 0 aromatic heterocycles. The van der Waals surface area contributed by atoms with E-state index in [1.54, 1.807) is 0 Å². The molecule has 0 saturated carbocycles. The highest BCUT2D eigenvalue weighted by molar-refractivity contribution is 5.77. The number of ether oxygens (including phenoxy) is 2. The van der Waals surface area contributed by atoms with Gasteiger partial charge in [-0.3, -0.25) is 9.80 Å². The average Bonchev–Trinajstić information content (AvgIpc) is 2.41. The molecule has 0 radical (unpaired) electrons. The molecule has 1 saturated heterocycles. The zero-order valence-corrected chi connectivity index (χ0v) is 8.08. The van der Waals surface area contributed by atoms with Crippen molar-refractivity contribution < 1.29 is 24.5 Å². The number of nitrogens with zero attached hydrogens (tertiary/aromatic N) is 2. The Kier molecular flexibility index (Phi) is 3.64. The highest BCUT2D eigenvalue weighted by atomic mass is 16.5. The van der Waals surface area contributed by atoms with Gasteiger partial charge in [0.05, 0.1) is 0 Å². The number of aliphatic hydroxyl groups is 2. The van der Waals surface area contributed by atoms with Gasteiger partial charge in [0, 0.05) is 14.2 Å². The van der Waals surface area contributed by atoms with E-state index in [9.17, 15) is 9.90 Å². The van der Waals surface area contributed by atoms with E-state index >= 15 is 0 Å². The van der Waals surface area contributed by atoms with Crippen LogP contribution in [0.25, 0.3) is 0 Å². The number of aliphatic hydroxyl groups excluding tert-OH is 2. The number of hydrogen-bond acceptors (Lipinski definition) is 5. The molecule has 1 aliphatic heterocycles. The number of methoxy groups -OCH3 is 2. The van der Waals surface area contributed by atoms with E-state index in [2.05, 4.69) is 0 Å². The number of rotatable bonds is 4. The number of urea groups is 1. The van der Waals surface area contributed by atoms with Gasteiger partial charge in [0.2, 0.25) is 0 Å². The third-order valence-corrected chi connectivity index (χ3v) is 2.04. The third-order valence-electron chi connectivity index (χ3n) is 2.04. The Hall–Kier alpha value is -0.890. The summed E-state index contributed by atoms with van der Waals surface area (Å²) in [5, 5.41) is 18.5. The topological polar surface area (TPSA) is 82.5 Å². The van der Waals surface area contributed by atoms with Crippen molar-refractivity contribution in [1.29, 1.82) is 0 Å². The van der Waals surface area contributed by atoms with E-state index in [1.165, 1.54) is 14.2 Å². The first-order valence-corrected chi connectivity index (χ1v) is 4.05. The molecule has 0 bridgehead atoms. The summed E-state index contributed by atoms with van der Waals surface area (Å²) < 4.78 is 9.61. The SMILES string of the molecule is COCN1C(=O)N(CO)C(OC)C1O. The van der Waals surface area contributed by atoms with Gasteiger partial charge in [0.1, 0.15) is 13.5 Å². The van der Waals surface area contributed by atoms with Crippen molar-refractivity contribution in [1.82, 2.24) is 9.80 Å². The molecule has 0 aliphatic carbocycles. The van der Waals surface area contributed by atoms with Crippen molar-refractivity contribution >= 4 is 6.03 Å². The smallest absolute Gasteiger partial charge is 0.328 e. The van der Waals surface area contributed by atoms with Crippen LogP contribution < -0.4 is 0 Å². The van der Waals surface area contributed by atoms with E-state index in [0.717, 1.165) is 9.80 Å². The summed E-state index contributed by atoms with van der Waals surface area (Å²) >= 11 is 0. The summed E-state index contributed by atoms with van der Waals surface area (Å²) in [6.07, 6.45) is -1.98. The molecule has 1 aliphatic rings. The summed E-state index contributed by atoms with van der Waals surface area (Å²) in [6.45, 7) is -0.551. The molecule has 2 N–H and O–H groups in total. The Labute approximate surface area is 81.4 Å². The summed E-state index contributed by atoms with van der Waals surface area (Å²) in [5.74, 6) is 0. The van der Waals surface area contributed by atoms with Crippen molar-refractivity contribution in [3.8, 4) is 0 Å². The standard InChI is InChI=1S/C7H14N2O5/c1-13-4-9-5(11)6(14-2)8(3-10)7(9)12/h5-6,10-11H,3-4H2,1-2H3. The Morgan fingerprint density at radius 1 is 1.43 bits per heavy atom. The predicted molar refractivity (Wildman–Crippen MR) is 44.8 cm³/mol. The molecule has 1 heterocycles. The zero-order chi connectivity index (χ0) is 10.7. The van der Waals surface area contributed by atoms with Crippen LogP contribution in [0.2, 0.25) is 0 Å². The van der Waals surface area contributed by atoms with Crippen LogP contribution >= 0.6 is 0 Å². The number of carbonyl (C=O) groups excluding carboxylic acids is 1. The number of amides is 2. The van der Waals surface area contributed by atoms with E-state index in [1.807, 2.05) is 0 Å². The average molecular weight is 206 g/mol. The van der Waals surface area contributed by atoms with Gasteiger partial charge in [-0.1, -0.05) is 0 Å². The monoisotopic (exact) mass is 206 g/mol. The highest BCUT2D eigenvalue weighted by Gasteiger charge is 2.44. The van der Waals surface area contributed by atoms with Crippen LogP contribution in [0.4, 0.5) is 4.79 Å². The molecule has 7 nitrogen and oxygen atoms in total. The fraction of sp³-hybridized carbons (Fsp3) is 0.857. The second-order valence-corrected chi connectivity index (χ2v) is 2.82. The zero-order valence-electron chi connectivity index (χ0n) is 8.08. The normalized spacial score (nSPS) is 27.6. The van der Waals surface area contributed by atoms with Crippen LogP contribution in [0.5, 0.6) is 0 Å². The molecule has 1 rings (SSSR count). The molecule has 1 fully saturated rings. The Morgan fingerprint density at radius 3 is 2.43 bits per heavy atom. The van der Waals surface area contributed by atoms with Crippen LogP contribution in [0.1, 0.15) is 0 Å². The van der Waals surface area contributed by atoms with Crippen molar-refractivity contribution in [2.75, 3.05) is 27.7 Å². The molecule has 0 aromatic rings. The summed E-state index contributed by atoms with van der Waals surface area (Å²) in [7, 11) is 2.75. The lowest BCUT2D eigenvalue weighted by Crippen LogP contribution is -2.39. The Morgan fingerprint density at radius 2 is 2.07 bits per heavy atom. The molecule has 2 atom stereocenters. The van der Waals surface area contributed by atoms with Gasteiger partial charge in [0.25, 0.3) is 0 Å². The molecule has 2 amide bonds. The molecular formula is C7H14N2O5. The van der Waals surface area contributed by atoms with Crippen LogP contribution in [-0.4, -0.2) is 66.2 Å². The second kappa shape index (κ2) is 4.56. The van der Waals surface area contributed by atoms with Crippen LogP contribution in [-0.2, 0) is 9.47 Å². The molecular weight excluding hydrogens is 192 g/mol. The van der Waals surface area contributed by atoms with E-state index in [0.29, 0.717) is 0 Å². The summed E-state index contributed by atoms with van der Waals surface area (Å²) in [6, 6.07) is -0.520. The molecule has 82 valence electrons. The molecule has 2 unspecified atom stereocenters. The van der Waals surface area contributed by atoms with Crippen molar-refractivity contribution in [3.63, 3.8) is 0 Å². The maximum Gasteiger partial charge on any atom is 0.328 e. The summed E-state index contributed by atoms with van der Waals surface area (Å²) in [4.78, 5) is 13.5. The van der Waals surface area contributed by atoms with Crippen molar-refractivity contribution in [3.05, 3.63) is 0 Å². The van der Waals surface area contributed by atoms with Crippen molar-refractivity contribution in [2.24, 2.45) is 0 Å². The van der Waals surface area contributed by atoms with Gasteiger partial charge >= 0.3 is 6.03 Å². The lowest BCUT2D eigenvalue weighted by molar-refractivity contribution is -0.114. The first-order chi connectivity index (χ1) is 6.67. The van der Waals surface area contributed by atoms with Gasteiger partial charge in [-0.2, -0.15) is 0 Å². The van der Waals surface area contributed by atoms with Gasteiger partial charge in [-0.05, 0) is 0 Å². The first-order valence-electron chi connectivity index (χ1n) is 4.05. The maximum absolute atomic E-state index is 11.5. The molecule has 14 heavy (non-hydrogen) atoms. The largest absolute Gasteiger partial charge is 0.376 e. The van der Waals surface area contributed by atoms with Gasteiger partial charge in [-0.15, -0.1) is 0 Å². The quantitative estimate of drug-likeness (QED) is 0.589. The van der Waals surface area contributed by atoms with Gasteiger partial charge in [0.15, 0.2) is 12.5 Å². The fourth-order valence-corrected chi connectivity index (χ4v) is 1.36. The molecule has 0 spiro atoms. The first kappa shape index (κ1) is 11.2. The Bertz CT molecular complexity index is 212. The second-order valence-electron chi connectivity index (χ2n) is 2.82. The van der Waals surface area contributed by atoms with Gasteiger partial charge < -0.3 is 19.7 Å². The van der Waals surface area contributed by atoms with Crippen LogP contribution in [0.15, 0.2) is 0 Å². The molecule has 7 heteroatoms. The fourth-order valence-electron chi connectivity index (χ4n) is 1.36. The Balaban J connectivity index is 2.77. The lowest BCUT2D eigenvalue weighted by Gasteiger charge is -2.20. The number of hydrogen-bond donors (Lipinski definition) is 2. The minimum Gasteiger partial charge on any atom is -0.376 e. The maximum atomic E-state index is 11.5. The highest BCUT2D eigenvalue weighted by Crippen LogP contribution is 2.20. The lowest BCUT2D eigenvalue weighted by atomic mass is 10.5. The van der Waals surface area contributed by atoms with Crippen LogP contribution in [0, 0.1) is 0 Å². The van der Waals surface area contributed by atoms with E-state index < -0.39 is 25.2 Å². The van der Waals surface area contributed by atoms with Crippen LogP contribution in [0.3, 0.4) is 0 Å². The van der Waals surface area contributed by atoms with Crippen molar-refractivity contribution in [2.45, 2.75) is 12.5 Å². The van der Waals surface area contributed by atoms with Gasteiger partial charge in [-0.25, -0.2) is 4.79 Å². The molecule has 0 aromatic carbocycles. The summed E-state index contributed by atoms with van der Waals surface area (Å²) in [5.41, 5.74) is 0.